The number of alkyl halides is 2. The number of hydrogen-bond acceptors (Lipinski definition) is 4. The van der Waals surface area contributed by atoms with Gasteiger partial charge in [0.2, 0.25) is 11.6 Å². The summed E-state index contributed by atoms with van der Waals surface area (Å²) in [5.74, 6) is -1.23. The van der Waals surface area contributed by atoms with Crippen LogP contribution < -0.4 is 4.90 Å². The van der Waals surface area contributed by atoms with Gasteiger partial charge in [-0.25, -0.2) is 8.78 Å². The Morgan fingerprint density at radius 3 is 2.40 bits per heavy atom. The van der Waals surface area contributed by atoms with Crippen molar-refractivity contribution < 1.29 is 23.1 Å². The third kappa shape index (κ3) is 2.13. The Kier molecular flexibility index (Phi) is 3.38. The maximum atomic E-state index is 15.5. The summed E-state index contributed by atoms with van der Waals surface area (Å²) in [6, 6.07) is 1.78. The first kappa shape index (κ1) is 16.9. The summed E-state index contributed by atoms with van der Waals surface area (Å²) in [4.78, 5) is 29.5. The molecule has 3 aliphatic rings. The number of ether oxygens (including phenoxy) is 1. The van der Waals surface area contributed by atoms with Crippen LogP contribution in [0.15, 0.2) is 6.07 Å². The topological polar surface area (TPSA) is 49.9 Å². The number of hydrogen-bond donors (Lipinski definition) is 0. The third-order valence-electron chi connectivity index (χ3n) is 5.50. The lowest BCUT2D eigenvalue weighted by Gasteiger charge is -2.39. The van der Waals surface area contributed by atoms with Crippen LogP contribution in [-0.2, 0) is 14.3 Å². The molecule has 3 aliphatic heterocycles. The van der Waals surface area contributed by atoms with Crippen molar-refractivity contribution in [1.29, 1.82) is 0 Å². The zero-order valence-electron chi connectivity index (χ0n) is 14.4. The number of likely N-dealkylation sites (tertiary alicyclic amines) is 1. The molecular formula is C17H20F2N2O3S. The van der Waals surface area contributed by atoms with Crippen molar-refractivity contribution in [2.75, 3.05) is 37.7 Å². The monoisotopic (exact) mass is 370 g/mol. The summed E-state index contributed by atoms with van der Waals surface area (Å²) < 4.78 is 36.0. The van der Waals surface area contributed by atoms with Crippen molar-refractivity contribution >= 4 is 28.8 Å². The second-order valence-corrected chi connectivity index (χ2v) is 9.13. The molecule has 2 amide bonds. The second-order valence-electron chi connectivity index (χ2n) is 7.67. The summed E-state index contributed by atoms with van der Waals surface area (Å²) >= 11 is 1.49. The SMILES string of the molecule is Cc1cc(N2C[C@@]3(F)CN(C(=O)C4(C)COC4)C[C@@]3(F)C2=O)c(C)s1. The molecule has 8 heteroatoms. The lowest BCUT2D eigenvalue weighted by Crippen LogP contribution is -2.54. The largest absolute Gasteiger partial charge is 0.379 e. The van der Waals surface area contributed by atoms with Crippen molar-refractivity contribution in [2.45, 2.75) is 32.1 Å². The molecule has 0 aromatic carbocycles. The van der Waals surface area contributed by atoms with Gasteiger partial charge in [0, 0.05) is 9.75 Å². The summed E-state index contributed by atoms with van der Waals surface area (Å²) in [6.45, 7) is 4.63. The lowest BCUT2D eigenvalue weighted by atomic mass is 9.87. The van der Waals surface area contributed by atoms with Crippen molar-refractivity contribution in [1.82, 2.24) is 4.90 Å². The first-order valence-corrected chi connectivity index (χ1v) is 9.05. The fourth-order valence-corrected chi connectivity index (χ4v) is 4.92. The molecule has 4 rings (SSSR count). The van der Waals surface area contributed by atoms with Gasteiger partial charge >= 0.3 is 0 Å². The van der Waals surface area contributed by atoms with Crippen molar-refractivity contribution in [2.24, 2.45) is 5.41 Å². The molecule has 0 saturated carbocycles. The van der Waals surface area contributed by atoms with Crippen LogP contribution in [0, 0.1) is 19.3 Å². The normalized spacial score (nSPS) is 33.6. The lowest BCUT2D eigenvalue weighted by molar-refractivity contribution is -0.168. The Balaban J connectivity index is 1.62. The molecule has 1 aromatic rings. The minimum absolute atomic E-state index is 0.244. The minimum Gasteiger partial charge on any atom is -0.379 e. The van der Waals surface area contributed by atoms with E-state index in [1.165, 1.54) is 16.2 Å². The average Bonchev–Trinajstić information content (AvgIpc) is 3.04. The van der Waals surface area contributed by atoms with Crippen LogP contribution in [0.3, 0.4) is 0 Å². The molecule has 25 heavy (non-hydrogen) atoms. The molecule has 0 radical (unpaired) electrons. The Bertz CT molecular complexity index is 778. The van der Waals surface area contributed by atoms with E-state index in [2.05, 4.69) is 0 Å². The molecule has 5 nitrogen and oxygen atoms in total. The summed E-state index contributed by atoms with van der Waals surface area (Å²) in [5.41, 5.74) is -5.25. The Hall–Kier alpha value is -1.54. The van der Waals surface area contributed by atoms with Gasteiger partial charge in [-0.2, -0.15) is 0 Å². The average molecular weight is 370 g/mol. The molecule has 4 heterocycles. The van der Waals surface area contributed by atoms with Crippen LogP contribution in [0.5, 0.6) is 0 Å². The maximum absolute atomic E-state index is 15.5. The van der Waals surface area contributed by atoms with Crippen LogP contribution in [0.25, 0.3) is 0 Å². The number of thiophene rings is 1. The maximum Gasteiger partial charge on any atom is 0.270 e. The standard InChI is InChI=1S/C17H20F2N2O3S/c1-10-4-12(11(2)25-10)21-6-16(18)5-20(7-17(16,19)14(21)23)13(22)15(3)8-24-9-15/h4H,5-9H2,1-3H3/t16-,17+/m0/s1. The molecule has 3 fully saturated rings. The first-order valence-electron chi connectivity index (χ1n) is 8.24. The minimum atomic E-state index is -2.69. The zero-order chi connectivity index (χ0) is 18.2. The van der Waals surface area contributed by atoms with Crippen LogP contribution in [-0.4, -0.2) is 60.9 Å². The van der Waals surface area contributed by atoms with Gasteiger partial charge in [0.1, 0.15) is 0 Å². The number of halogens is 2. The van der Waals surface area contributed by atoms with Crippen LogP contribution in [0.1, 0.15) is 16.7 Å². The summed E-state index contributed by atoms with van der Waals surface area (Å²) in [5, 5.41) is 0. The number of fused-ring (bicyclic) bond motifs is 1. The van der Waals surface area contributed by atoms with Gasteiger partial charge in [0.05, 0.1) is 44.0 Å². The van der Waals surface area contributed by atoms with Crippen LogP contribution >= 0.6 is 11.3 Å². The second kappa shape index (κ2) is 5.01. The molecular weight excluding hydrogens is 350 g/mol. The number of carbonyl (C=O) groups excluding carboxylic acids is 2. The van der Waals surface area contributed by atoms with Gasteiger partial charge in [-0.05, 0) is 26.8 Å². The Labute approximate surface area is 148 Å². The fraction of sp³-hybridized carbons (Fsp3) is 0.647. The third-order valence-corrected chi connectivity index (χ3v) is 6.46. The number of aryl methyl sites for hydroxylation is 2. The fourth-order valence-electron chi connectivity index (χ4n) is 4.00. The predicted octanol–water partition coefficient (Wildman–Crippen LogP) is 2.01. The molecule has 2 atom stereocenters. The molecule has 0 aliphatic carbocycles. The van der Waals surface area contributed by atoms with Crippen molar-refractivity contribution in [3.63, 3.8) is 0 Å². The van der Waals surface area contributed by atoms with E-state index < -0.39 is 35.7 Å². The van der Waals surface area contributed by atoms with Gasteiger partial charge in [-0.3, -0.25) is 9.59 Å². The van der Waals surface area contributed by atoms with Gasteiger partial charge < -0.3 is 14.5 Å². The van der Waals surface area contributed by atoms with Gasteiger partial charge in [0.25, 0.3) is 5.91 Å². The molecule has 0 bridgehead atoms. The van der Waals surface area contributed by atoms with Crippen molar-refractivity contribution in [3.8, 4) is 0 Å². The van der Waals surface area contributed by atoms with Gasteiger partial charge in [0.15, 0.2) is 5.67 Å². The van der Waals surface area contributed by atoms with Gasteiger partial charge in [-0.15, -0.1) is 11.3 Å². The van der Waals surface area contributed by atoms with E-state index in [0.29, 0.717) is 5.69 Å². The van der Waals surface area contributed by atoms with Crippen molar-refractivity contribution in [3.05, 3.63) is 15.8 Å². The molecule has 1 aromatic heterocycles. The van der Waals surface area contributed by atoms with E-state index in [0.717, 1.165) is 14.7 Å². The molecule has 0 spiro atoms. The number of nitrogens with zero attached hydrogens (tertiary/aromatic N) is 2. The highest BCUT2D eigenvalue weighted by Crippen LogP contribution is 2.49. The molecule has 0 N–H and O–H groups in total. The quantitative estimate of drug-likeness (QED) is 0.800. The Morgan fingerprint density at radius 2 is 1.92 bits per heavy atom. The highest BCUT2D eigenvalue weighted by Gasteiger charge is 2.72. The van der Waals surface area contributed by atoms with E-state index in [-0.39, 0.29) is 25.7 Å². The van der Waals surface area contributed by atoms with E-state index >= 15 is 8.78 Å². The predicted molar refractivity (Wildman–Crippen MR) is 89.3 cm³/mol. The van der Waals surface area contributed by atoms with E-state index in [4.69, 9.17) is 4.74 Å². The first-order chi connectivity index (χ1) is 11.6. The molecule has 136 valence electrons. The summed E-state index contributed by atoms with van der Waals surface area (Å²) in [6.07, 6.45) is 0. The molecule has 3 saturated heterocycles. The van der Waals surface area contributed by atoms with E-state index in [1.54, 1.807) is 13.0 Å². The summed E-state index contributed by atoms with van der Waals surface area (Å²) in [7, 11) is 0. The van der Waals surface area contributed by atoms with E-state index in [1.807, 2.05) is 13.8 Å². The highest BCUT2D eigenvalue weighted by atomic mass is 32.1. The smallest absolute Gasteiger partial charge is 0.270 e. The number of anilines is 1. The van der Waals surface area contributed by atoms with Crippen LogP contribution in [0.2, 0.25) is 0 Å². The Morgan fingerprint density at radius 1 is 1.24 bits per heavy atom. The van der Waals surface area contributed by atoms with Gasteiger partial charge in [-0.1, -0.05) is 0 Å². The molecule has 0 unspecified atom stereocenters. The van der Waals surface area contributed by atoms with Crippen LogP contribution in [0.4, 0.5) is 14.5 Å². The number of amides is 2. The van der Waals surface area contributed by atoms with E-state index in [9.17, 15) is 9.59 Å². The highest BCUT2D eigenvalue weighted by molar-refractivity contribution is 7.12. The number of rotatable bonds is 2. The number of carbonyl (C=O) groups is 2. The zero-order valence-corrected chi connectivity index (χ0v) is 15.2.